The van der Waals surface area contributed by atoms with Crippen LogP contribution in [0.1, 0.15) is 49.9 Å². The summed E-state index contributed by atoms with van der Waals surface area (Å²) >= 11 is 0. The van der Waals surface area contributed by atoms with Crippen LogP contribution in [0.25, 0.3) is 11.0 Å². The zero-order valence-electron chi connectivity index (χ0n) is 17.2. The molecule has 0 aliphatic carbocycles. The van der Waals surface area contributed by atoms with Gasteiger partial charge in [-0.1, -0.05) is 18.2 Å². The minimum atomic E-state index is -0.289. The number of nitrogens with one attached hydrogen (secondary N) is 3. The van der Waals surface area contributed by atoms with Gasteiger partial charge in [0.15, 0.2) is 0 Å². The summed E-state index contributed by atoms with van der Waals surface area (Å²) < 4.78 is 5.79. The highest BCUT2D eigenvalue weighted by Gasteiger charge is 2.16. The Morgan fingerprint density at radius 1 is 1.03 bits per heavy atom. The summed E-state index contributed by atoms with van der Waals surface area (Å²) in [5.41, 5.74) is 1.86. The second-order valence-electron chi connectivity index (χ2n) is 8.11. The molecular weight excluding hydrogens is 366 g/mol. The van der Waals surface area contributed by atoms with Gasteiger partial charge in [-0.15, -0.1) is 0 Å². The van der Waals surface area contributed by atoms with Crippen LogP contribution in [0.3, 0.4) is 0 Å². The molecule has 3 N–H and O–H groups in total. The standard InChI is InChI=1S/C23H27N3O3/c1-15(20-13-17-7-5-6-8-19(17)29-20)25-21(27)14-24-18-11-9-16(10-12-18)22(28)26-23(2,3)4/h5-13,15,24H,14H2,1-4H3,(H,25,27)(H,26,28). The van der Waals surface area contributed by atoms with Crippen LogP contribution in [-0.4, -0.2) is 23.9 Å². The molecule has 6 heteroatoms. The fraction of sp³-hybridized carbons (Fsp3) is 0.304. The Kier molecular flexibility index (Phi) is 5.92. The molecule has 2 amide bonds. The molecule has 0 radical (unpaired) electrons. The van der Waals surface area contributed by atoms with Gasteiger partial charge in [-0.2, -0.15) is 0 Å². The van der Waals surface area contributed by atoms with Gasteiger partial charge in [-0.3, -0.25) is 9.59 Å². The fourth-order valence-electron chi connectivity index (χ4n) is 2.91. The Hall–Kier alpha value is -3.28. The van der Waals surface area contributed by atoms with Crippen LogP contribution in [0.4, 0.5) is 5.69 Å². The van der Waals surface area contributed by atoms with Crippen molar-refractivity contribution in [1.82, 2.24) is 10.6 Å². The van der Waals surface area contributed by atoms with Gasteiger partial charge in [0.2, 0.25) is 5.91 Å². The number of benzene rings is 2. The van der Waals surface area contributed by atoms with E-state index in [-0.39, 0.29) is 29.9 Å². The maximum atomic E-state index is 12.3. The lowest BCUT2D eigenvalue weighted by molar-refractivity contribution is -0.120. The van der Waals surface area contributed by atoms with Gasteiger partial charge in [-0.05, 0) is 64.1 Å². The van der Waals surface area contributed by atoms with Crippen LogP contribution in [0.5, 0.6) is 0 Å². The average Bonchev–Trinajstić information content (AvgIpc) is 3.10. The Balaban J connectivity index is 1.51. The van der Waals surface area contributed by atoms with Crippen molar-refractivity contribution in [1.29, 1.82) is 0 Å². The molecule has 6 nitrogen and oxygen atoms in total. The number of hydrogen-bond acceptors (Lipinski definition) is 4. The minimum Gasteiger partial charge on any atom is -0.459 e. The highest BCUT2D eigenvalue weighted by molar-refractivity contribution is 5.95. The van der Waals surface area contributed by atoms with Gasteiger partial charge in [0.05, 0.1) is 12.6 Å². The van der Waals surface area contributed by atoms with E-state index in [9.17, 15) is 9.59 Å². The van der Waals surface area contributed by atoms with E-state index in [1.165, 1.54) is 0 Å². The van der Waals surface area contributed by atoms with Crippen molar-refractivity contribution >= 4 is 28.5 Å². The van der Waals surface area contributed by atoms with Crippen LogP contribution < -0.4 is 16.0 Å². The van der Waals surface area contributed by atoms with Crippen LogP contribution >= 0.6 is 0 Å². The van der Waals surface area contributed by atoms with E-state index in [0.717, 1.165) is 16.7 Å². The van der Waals surface area contributed by atoms with E-state index in [1.54, 1.807) is 24.3 Å². The minimum absolute atomic E-state index is 0.123. The van der Waals surface area contributed by atoms with Crippen molar-refractivity contribution in [3.05, 3.63) is 65.9 Å². The molecule has 2 aromatic carbocycles. The number of para-hydroxylation sites is 1. The third kappa shape index (κ3) is 5.60. The average molecular weight is 393 g/mol. The molecule has 1 unspecified atom stereocenters. The first-order chi connectivity index (χ1) is 13.7. The predicted octanol–water partition coefficient (Wildman–Crippen LogP) is 4.25. The van der Waals surface area contributed by atoms with Gasteiger partial charge < -0.3 is 20.4 Å². The number of anilines is 1. The van der Waals surface area contributed by atoms with Crippen LogP contribution in [0.2, 0.25) is 0 Å². The van der Waals surface area contributed by atoms with Gasteiger partial charge in [-0.25, -0.2) is 0 Å². The topological polar surface area (TPSA) is 83.4 Å². The third-order valence-electron chi connectivity index (χ3n) is 4.34. The molecule has 0 fully saturated rings. The van der Waals surface area contributed by atoms with Crippen molar-refractivity contribution in [2.75, 3.05) is 11.9 Å². The predicted molar refractivity (Wildman–Crippen MR) is 115 cm³/mol. The molecule has 152 valence electrons. The summed E-state index contributed by atoms with van der Waals surface area (Å²) in [6, 6.07) is 16.5. The molecule has 0 spiro atoms. The molecule has 1 aromatic heterocycles. The number of carbonyl (C=O) groups excluding carboxylic acids is 2. The Labute approximate surface area is 170 Å². The van der Waals surface area contributed by atoms with Crippen molar-refractivity contribution in [3.63, 3.8) is 0 Å². The van der Waals surface area contributed by atoms with E-state index in [1.807, 2.05) is 58.0 Å². The van der Waals surface area contributed by atoms with Crippen molar-refractivity contribution in [2.45, 2.75) is 39.3 Å². The smallest absolute Gasteiger partial charge is 0.251 e. The van der Waals surface area contributed by atoms with E-state index in [0.29, 0.717) is 11.3 Å². The summed E-state index contributed by atoms with van der Waals surface area (Å²) in [5, 5.41) is 9.92. The highest BCUT2D eigenvalue weighted by atomic mass is 16.3. The lowest BCUT2D eigenvalue weighted by Crippen LogP contribution is -2.40. The lowest BCUT2D eigenvalue weighted by Gasteiger charge is -2.20. The summed E-state index contributed by atoms with van der Waals surface area (Å²) in [6.07, 6.45) is 0. The Bertz CT molecular complexity index is 967. The van der Waals surface area contributed by atoms with Crippen LogP contribution in [-0.2, 0) is 4.79 Å². The molecule has 1 atom stereocenters. The van der Waals surface area contributed by atoms with Gasteiger partial charge in [0, 0.05) is 22.2 Å². The molecule has 0 saturated carbocycles. The number of carbonyl (C=O) groups is 2. The van der Waals surface area contributed by atoms with E-state index in [4.69, 9.17) is 4.42 Å². The lowest BCUT2D eigenvalue weighted by atomic mass is 10.1. The maximum absolute atomic E-state index is 12.3. The van der Waals surface area contributed by atoms with E-state index < -0.39 is 0 Å². The zero-order chi connectivity index (χ0) is 21.0. The van der Waals surface area contributed by atoms with E-state index in [2.05, 4.69) is 16.0 Å². The molecule has 0 aliphatic rings. The second-order valence-corrected chi connectivity index (χ2v) is 8.11. The summed E-state index contributed by atoms with van der Waals surface area (Å²) in [7, 11) is 0. The van der Waals surface area contributed by atoms with E-state index >= 15 is 0 Å². The SMILES string of the molecule is CC(NC(=O)CNc1ccc(C(=O)NC(C)(C)C)cc1)c1cc2ccccc2o1. The highest BCUT2D eigenvalue weighted by Crippen LogP contribution is 2.23. The number of rotatable bonds is 6. The van der Waals surface area contributed by atoms with Gasteiger partial charge in [0.25, 0.3) is 5.91 Å². The van der Waals surface area contributed by atoms with Gasteiger partial charge in [0.1, 0.15) is 11.3 Å². The molecule has 29 heavy (non-hydrogen) atoms. The number of furan rings is 1. The summed E-state index contributed by atoms with van der Waals surface area (Å²) in [4.78, 5) is 24.4. The Morgan fingerprint density at radius 2 is 1.72 bits per heavy atom. The van der Waals surface area contributed by atoms with Crippen molar-refractivity contribution in [2.24, 2.45) is 0 Å². The number of fused-ring (bicyclic) bond motifs is 1. The van der Waals surface area contributed by atoms with Gasteiger partial charge >= 0.3 is 0 Å². The molecule has 3 aromatic rings. The second kappa shape index (κ2) is 8.39. The molecule has 0 bridgehead atoms. The third-order valence-corrected chi connectivity index (χ3v) is 4.34. The van der Waals surface area contributed by atoms with Crippen LogP contribution in [0, 0.1) is 0 Å². The zero-order valence-corrected chi connectivity index (χ0v) is 17.2. The molecular formula is C23H27N3O3. The van der Waals surface area contributed by atoms with Crippen molar-refractivity contribution < 1.29 is 14.0 Å². The molecule has 3 rings (SSSR count). The number of amides is 2. The van der Waals surface area contributed by atoms with Crippen LogP contribution in [0.15, 0.2) is 59.0 Å². The first-order valence-electron chi connectivity index (χ1n) is 9.65. The molecule has 0 aliphatic heterocycles. The Morgan fingerprint density at radius 3 is 2.38 bits per heavy atom. The van der Waals surface area contributed by atoms with Crippen molar-refractivity contribution in [3.8, 4) is 0 Å². The first-order valence-corrected chi connectivity index (χ1v) is 9.65. The molecule has 0 saturated heterocycles. The fourth-order valence-corrected chi connectivity index (χ4v) is 2.91. The monoisotopic (exact) mass is 393 g/mol. The largest absolute Gasteiger partial charge is 0.459 e. The normalized spacial score (nSPS) is 12.4. The summed E-state index contributed by atoms with van der Waals surface area (Å²) in [5.74, 6) is 0.447. The summed E-state index contributed by atoms with van der Waals surface area (Å²) in [6.45, 7) is 7.82. The molecule has 1 heterocycles. The number of hydrogen-bond donors (Lipinski definition) is 3. The quantitative estimate of drug-likeness (QED) is 0.585. The first kappa shape index (κ1) is 20.5. The maximum Gasteiger partial charge on any atom is 0.251 e.